The van der Waals surface area contributed by atoms with Gasteiger partial charge in [0.05, 0.1) is 7.11 Å². The van der Waals surface area contributed by atoms with Gasteiger partial charge < -0.3 is 14.5 Å². The van der Waals surface area contributed by atoms with Crippen molar-refractivity contribution in [3.63, 3.8) is 0 Å². The van der Waals surface area contributed by atoms with E-state index in [0.717, 1.165) is 18.7 Å². The zero-order valence-electron chi connectivity index (χ0n) is 20.3. The number of ether oxygens (including phenoxy) is 1. The standard InChI is InChI=1S/C26H35N3O4S/c1-20(2)22-9-10-24(33-3)25(19-22)34(31,32)29-13-11-21(12-14-29)26(30)28-17-15-27(16-18-28)23-7-5-4-6-8-23/h4-10,19-21H,11-18H2,1-3H3. The number of amides is 1. The van der Waals surface area contributed by atoms with Crippen molar-refractivity contribution < 1.29 is 17.9 Å². The van der Waals surface area contributed by atoms with Crippen LogP contribution in [0.1, 0.15) is 38.2 Å². The number of methoxy groups -OCH3 is 1. The molecule has 8 heteroatoms. The second-order valence-corrected chi connectivity index (χ2v) is 11.3. The molecule has 2 heterocycles. The minimum atomic E-state index is -3.70. The fourth-order valence-electron chi connectivity index (χ4n) is 4.82. The highest BCUT2D eigenvalue weighted by Crippen LogP contribution is 2.33. The summed E-state index contributed by atoms with van der Waals surface area (Å²) in [6, 6.07) is 15.6. The van der Waals surface area contributed by atoms with Gasteiger partial charge in [0.25, 0.3) is 0 Å². The Morgan fingerprint density at radius 2 is 1.59 bits per heavy atom. The number of nitrogens with zero attached hydrogens (tertiary/aromatic N) is 3. The number of carbonyl (C=O) groups excluding carboxylic acids is 1. The number of anilines is 1. The Labute approximate surface area is 203 Å². The summed E-state index contributed by atoms with van der Waals surface area (Å²) >= 11 is 0. The summed E-state index contributed by atoms with van der Waals surface area (Å²) in [5.74, 6) is 0.604. The molecular formula is C26H35N3O4S. The predicted molar refractivity (Wildman–Crippen MR) is 134 cm³/mol. The van der Waals surface area contributed by atoms with E-state index >= 15 is 0 Å². The number of carbonyl (C=O) groups is 1. The van der Waals surface area contributed by atoms with E-state index in [-0.39, 0.29) is 22.6 Å². The lowest BCUT2D eigenvalue weighted by Gasteiger charge is -2.39. The summed E-state index contributed by atoms with van der Waals surface area (Å²) in [7, 11) is -2.20. The number of para-hydroxylation sites is 1. The van der Waals surface area contributed by atoms with E-state index in [9.17, 15) is 13.2 Å². The van der Waals surface area contributed by atoms with Crippen LogP contribution < -0.4 is 9.64 Å². The van der Waals surface area contributed by atoms with E-state index in [2.05, 4.69) is 17.0 Å². The van der Waals surface area contributed by atoms with Gasteiger partial charge in [-0.3, -0.25) is 4.79 Å². The molecule has 0 radical (unpaired) electrons. The molecule has 0 aromatic heterocycles. The van der Waals surface area contributed by atoms with Crippen LogP contribution >= 0.6 is 0 Å². The molecule has 7 nitrogen and oxygen atoms in total. The summed E-state index contributed by atoms with van der Waals surface area (Å²) in [5.41, 5.74) is 2.14. The Balaban J connectivity index is 1.37. The van der Waals surface area contributed by atoms with Crippen LogP contribution in [0.2, 0.25) is 0 Å². The molecule has 0 atom stereocenters. The lowest BCUT2D eigenvalue weighted by Crippen LogP contribution is -2.52. The van der Waals surface area contributed by atoms with Crippen molar-refractivity contribution in [3.05, 3.63) is 54.1 Å². The monoisotopic (exact) mass is 485 g/mol. The summed E-state index contributed by atoms with van der Waals surface area (Å²) in [6.45, 7) is 7.79. The van der Waals surface area contributed by atoms with Crippen LogP contribution in [0.4, 0.5) is 5.69 Å². The molecule has 2 aromatic rings. The van der Waals surface area contributed by atoms with Gasteiger partial charge in [-0.1, -0.05) is 38.1 Å². The Hall–Kier alpha value is -2.58. The minimum absolute atomic E-state index is 0.126. The second-order valence-electron chi connectivity index (χ2n) is 9.39. The predicted octanol–water partition coefficient (Wildman–Crippen LogP) is 3.57. The molecule has 2 saturated heterocycles. The van der Waals surface area contributed by atoms with E-state index in [4.69, 9.17) is 4.74 Å². The number of hydrogen-bond donors (Lipinski definition) is 0. The maximum Gasteiger partial charge on any atom is 0.246 e. The highest BCUT2D eigenvalue weighted by molar-refractivity contribution is 7.89. The molecule has 0 spiro atoms. The number of piperazine rings is 1. The third kappa shape index (κ3) is 5.08. The molecule has 2 aliphatic heterocycles. The zero-order valence-corrected chi connectivity index (χ0v) is 21.1. The largest absolute Gasteiger partial charge is 0.495 e. The van der Waals surface area contributed by atoms with Crippen molar-refractivity contribution in [2.24, 2.45) is 5.92 Å². The van der Waals surface area contributed by atoms with Crippen molar-refractivity contribution in [3.8, 4) is 5.75 Å². The number of rotatable bonds is 6. The minimum Gasteiger partial charge on any atom is -0.495 e. The van der Waals surface area contributed by atoms with Gasteiger partial charge >= 0.3 is 0 Å². The summed E-state index contributed by atoms with van der Waals surface area (Å²) in [4.78, 5) is 17.6. The molecule has 1 amide bonds. The van der Waals surface area contributed by atoms with Crippen LogP contribution in [0.3, 0.4) is 0 Å². The van der Waals surface area contributed by atoms with E-state index < -0.39 is 10.0 Å². The summed E-state index contributed by atoms with van der Waals surface area (Å²) < 4.78 is 33.7. The van der Waals surface area contributed by atoms with Crippen LogP contribution in [0.25, 0.3) is 0 Å². The number of sulfonamides is 1. The van der Waals surface area contributed by atoms with Crippen molar-refractivity contribution in [1.82, 2.24) is 9.21 Å². The molecule has 2 aliphatic rings. The topological polar surface area (TPSA) is 70.2 Å². The Bertz CT molecular complexity index is 1090. The van der Waals surface area contributed by atoms with Crippen LogP contribution in [0.15, 0.2) is 53.4 Å². The molecule has 184 valence electrons. The van der Waals surface area contributed by atoms with Crippen molar-refractivity contribution >= 4 is 21.6 Å². The SMILES string of the molecule is COc1ccc(C(C)C)cc1S(=O)(=O)N1CCC(C(=O)N2CCN(c3ccccc3)CC2)CC1. The van der Waals surface area contributed by atoms with Crippen molar-refractivity contribution in [2.75, 3.05) is 51.3 Å². The molecule has 2 aromatic carbocycles. The third-order valence-electron chi connectivity index (χ3n) is 6.99. The number of piperidine rings is 1. The maximum absolute atomic E-state index is 13.4. The molecule has 0 saturated carbocycles. The first kappa shape index (κ1) is 24.5. The van der Waals surface area contributed by atoms with Gasteiger partial charge in [-0.25, -0.2) is 8.42 Å². The van der Waals surface area contributed by atoms with E-state index in [0.29, 0.717) is 44.8 Å². The first-order valence-corrected chi connectivity index (χ1v) is 13.5. The fraction of sp³-hybridized carbons (Fsp3) is 0.500. The normalized spacial score (nSPS) is 18.4. The van der Waals surface area contributed by atoms with Crippen molar-refractivity contribution in [1.29, 1.82) is 0 Å². The molecule has 2 fully saturated rings. The van der Waals surface area contributed by atoms with Gasteiger partial charge in [0.15, 0.2) is 0 Å². The quantitative estimate of drug-likeness (QED) is 0.626. The van der Waals surface area contributed by atoms with Gasteiger partial charge in [0.1, 0.15) is 10.6 Å². The lowest BCUT2D eigenvalue weighted by atomic mass is 9.96. The molecule has 0 N–H and O–H groups in total. The number of benzene rings is 2. The molecular weight excluding hydrogens is 450 g/mol. The zero-order chi connectivity index (χ0) is 24.3. The summed E-state index contributed by atoms with van der Waals surface area (Å²) in [6.07, 6.45) is 1.09. The molecule has 0 unspecified atom stereocenters. The van der Waals surface area contributed by atoms with Crippen LogP contribution in [0, 0.1) is 5.92 Å². The van der Waals surface area contributed by atoms with Crippen LogP contribution in [-0.2, 0) is 14.8 Å². The van der Waals surface area contributed by atoms with Gasteiger partial charge in [-0.05, 0) is 48.6 Å². The van der Waals surface area contributed by atoms with Gasteiger partial charge in [-0.15, -0.1) is 0 Å². The average Bonchev–Trinajstić information content (AvgIpc) is 2.88. The molecule has 0 aliphatic carbocycles. The van der Waals surface area contributed by atoms with Gasteiger partial charge in [-0.2, -0.15) is 4.31 Å². The van der Waals surface area contributed by atoms with Gasteiger partial charge in [0, 0.05) is 50.9 Å². The average molecular weight is 486 g/mol. The maximum atomic E-state index is 13.4. The smallest absolute Gasteiger partial charge is 0.246 e. The van der Waals surface area contributed by atoms with Crippen LogP contribution in [-0.4, -0.2) is 69.9 Å². The molecule has 0 bridgehead atoms. The Morgan fingerprint density at radius 1 is 0.941 bits per heavy atom. The number of hydrogen-bond acceptors (Lipinski definition) is 5. The molecule has 4 rings (SSSR count). The van der Waals surface area contributed by atoms with Crippen molar-refractivity contribution in [2.45, 2.75) is 37.5 Å². The first-order chi connectivity index (χ1) is 16.3. The highest BCUT2D eigenvalue weighted by Gasteiger charge is 2.36. The van der Waals surface area contributed by atoms with Gasteiger partial charge in [0.2, 0.25) is 15.9 Å². The van der Waals surface area contributed by atoms with E-state index in [1.54, 1.807) is 12.1 Å². The first-order valence-electron chi connectivity index (χ1n) is 12.1. The summed E-state index contributed by atoms with van der Waals surface area (Å²) in [5, 5.41) is 0. The molecule has 34 heavy (non-hydrogen) atoms. The Morgan fingerprint density at radius 3 is 2.18 bits per heavy atom. The van der Waals surface area contributed by atoms with Crippen LogP contribution in [0.5, 0.6) is 5.75 Å². The highest BCUT2D eigenvalue weighted by atomic mass is 32.2. The second kappa shape index (κ2) is 10.4. The fourth-order valence-corrected chi connectivity index (χ4v) is 6.48. The van der Waals surface area contributed by atoms with E-state index in [1.165, 1.54) is 17.1 Å². The third-order valence-corrected chi connectivity index (χ3v) is 8.91. The Kier molecular flexibility index (Phi) is 7.48. The lowest BCUT2D eigenvalue weighted by molar-refractivity contribution is -0.137. The van der Waals surface area contributed by atoms with E-state index in [1.807, 2.05) is 43.0 Å².